The van der Waals surface area contributed by atoms with E-state index in [9.17, 15) is 4.57 Å². The zero-order valence-electron chi connectivity index (χ0n) is 10.4. The molecule has 0 fully saturated rings. The van der Waals surface area contributed by atoms with Crippen LogP contribution in [0.3, 0.4) is 0 Å². The third-order valence-corrected chi connectivity index (χ3v) is 3.41. The summed E-state index contributed by atoms with van der Waals surface area (Å²) in [4.78, 5) is 9.08. The van der Waals surface area contributed by atoms with E-state index in [0.717, 1.165) is 24.8 Å². The first-order valence-electron chi connectivity index (χ1n) is 5.78. The number of rotatable bonds is 5. The van der Waals surface area contributed by atoms with Gasteiger partial charge in [-0.1, -0.05) is 26.8 Å². The van der Waals surface area contributed by atoms with E-state index >= 15 is 0 Å². The molecule has 1 atom stereocenters. The molecule has 1 unspecified atom stereocenters. The minimum Gasteiger partial charge on any atom is -0.413 e. The maximum atomic E-state index is 11.1. The Bertz CT molecular complexity index is 440. The second-order valence-electron chi connectivity index (χ2n) is 3.78. The Morgan fingerprint density at radius 3 is 2.18 bits per heavy atom. The van der Waals surface area contributed by atoms with Crippen LogP contribution in [0.15, 0.2) is 12.1 Å². The highest BCUT2D eigenvalue weighted by atomic mass is 35.7. The normalized spacial score (nSPS) is 14.4. The van der Waals surface area contributed by atoms with E-state index in [-0.39, 0.29) is 0 Å². The molecule has 0 amide bonds. The van der Waals surface area contributed by atoms with E-state index in [1.807, 2.05) is 13.0 Å². The van der Waals surface area contributed by atoms with Crippen molar-refractivity contribution >= 4 is 18.2 Å². The molecule has 1 aromatic rings. The van der Waals surface area contributed by atoms with Gasteiger partial charge in [-0.2, -0.15) is 0 Å². The van der Waals surface area contributed by atoms with E-state index in [0.29, 0.717) is 5.75 Å². The molecule has 0 saturated carbocycles. The standard InChI is InChI=1S/C12H18ClO3P/c1-4-9-7-8-12(16-17(13,14)15)11(6-3)10(9)5-2/h7-8H,4-6H2,1-3H3,(H,14,15). The molecule has 0 spiro atoms. The highest BCUT2D eigenvalue weighted by Crippen LogP contribution is 2.49. The summed E-state index contributed by atoms with van der Waals surface area (Å²) in [5, 5.41) is 0. The van der Waals surface area contributed by atoms with Crippen molar-refractivity contribution in [1.29, 1.82) is 0 Å². The molecule has 3 nitrogen and oxygen atoms in total. The number of hydrogen-bond donors (Lipinski definition) is 1. The lowest BCUT2D eigenvalue weighted by Gasteiger charge is -2.17. The van der Waals surface area contributed by atoms with Crippen molar-refractivity contribution in [3.05, 3.63) is 28.8 Å². The fraction of sp³-hybridized carbons (Fsp3) is 0.500. The van der Waals surface area contributed by atoms with Crippen molar-refractivity contribution in [3.8, 4) is 5.75 Å². The summed E-state index contributed by atoms with van der Waals surface area (Å²) in [5.41, 5.74) is 3.42. The van der Waals surface area contributed by atoms with Crippen molar-refractivity contribution in [2.75, 3.05) is 0 Å². The number of aryl methyl sites for hydroxylation is 1. The Kier molecular flexibility index (Phi) is 5.05. The highest BCUT2D eigenvalue weighted by Gasteiger charge is 2.20. The Balaban J connectivity index is 3.28. The fourth-order valence-electron chi connectivity index (χ4n) is 2.09. The van der Waals surface area contributed by atoms with Gasteiger partial charge in [-0.15, -0.1) is 0 Å². The molecule has 0 aliphatic heterocycles. The monoisotopic (exact) mass is 276 g/mol. The summed E-state index contributed by atoms with van der Waals surface area (Å²) in [6.07, 6.45) is 2.57. The molecule has 0 radical (unpaired) electrons. The average Bonchev–Trinajstić information content (AvgIpc) is 2.26. The van der Waals surface area contributed by atoms with E-state index in [2.05, 4.69) is 13.8 Å². The second-order valence-corrected chi connectivity index (χ2v) is 6.15. The van der Waals surface area contributed by atoms with Crippen LogP contribution in [-0.4, -0.2) is 4.89 Å². The van der Waals surface area contributed by atoms with Gasteiger partial charge in [0, 0.05) is 11.2 Å². The van der Waals surface area contributed by atoms with Crippen LogP contribution in [0.5, 0.6) is 5.75 Å². The second kappa shape index (κ2) is 5.90. The van der Waals surface area contributed by atoms with Gasteiger partial charge < -0.3 is 9.42 Å². The number of benzene rings is 1. The van der Waals surface area contributed by atoms with Crippen LogP contribution in [0.25, 0.3) is 0 Å². The summed E-state index contributed by atoms with van der Waals surface area (Å²) >= 11 is 5.25. The lowest BCUT2D eigenvalue weighted by molar-refractivity contribution is 0.399. The molecule has 0 aliphatic rings. The summed E-state index contributed by atoms with van der Waals surface area (Å²) in [7, 11) is 0. The van der Waals surface area contributed by atoms with E-state index in [1.54, 1.807) is 6.07 Å². The minimum atomic E-state index is -4.01. The zero-order valence-corrected chi connectivity index (χ0v) is 12.0. The quantitative estimate of drug-likeness (QED) is 0.824. The van der Waals surface area contributed by atoms with Gasteiger partial charge in [0.05, 0.1) is 0 Å². The molecule has 5 heteroatoms. The molecule has 0 aromatic heterocycles. The van der Waals surface area contributed by atoms with Crippen molar-refractivity contribution in [3.63, 3.8) is 0 Å². The maximum absolute atomic E-state index is 11.1. The third kappa shape index (κ3) is 3.74. The fourth-order valence-corrected chi connectivity index (χ4v) is 2.72. The molecule has 0 saturated heterocycles. The summed E-state index contributed by atoms with van der Waals surface area (Å²) in [6.45, 7) is 2.14. The summed E-state index contributed by atoms with van der Waals surface area (Å²) < 4.78 is 16.0. The zero-order chi connectivity index (χ0) is 13.1. The summed E-state index contributed by atoms with van der Waals surface area (Å²) in [6, 6.07) is 3.65. The molecule has 17 heavy (non-hydrogen) atoms. The van der Waals surface area contributed by atoms with Gasteiger partial charge in [0.15, 0.2) is 0 Å². The Morgan fingerprint density at radius 2 is 1.76 bits per heavy atom. The van der Waals surface area contributed by atoms with E-state index in [4.69, 9.17) is 20.7 Å². The Morgan fingerprint density at radius 1 is 1.18 bits per heavy atom. The van der Waals surface area contributed by atoms with Crippen molar-refractivity contribution in [1.82, 2.24) is 0 Å². The highest BCUT2D eigenvalue weighted by molar-refractivity contribution is 7.80. The van der Waals surface area contributed by atoms with Crippen LogP contribution in [0, 0.1) is 0 Å². The lowest BCUT2D eigenvalue weighted by atomic mass is 9.95. The van der Waals surface area contributed by atoms with E-state index < -0.39 is 6.95 Å². The average molecular weight is 277 g/mol. The molecule has 1 aromatic carbocycles. The SMILES string of the molecule is CCc1ccc(OP(=O)(O)Cl)c(CC)c1CC. The third-order valence-electron chi connectivity index (χ3n) is 2.78. The topological polar surface area (TPSA) is 46.5 Å². The van der Waals surface area contributed by atoms with Crippen LogP contribution in [0.2, 0.25) is 0 Å². The first-order chi connectivity index (χ1) is 7.92. The van der Waals surface area contributed by atoms with Crippen LogP contribution in [-0.2, 0) is 23.8 Å². The molecule has 1 N–H and O–H groups in total. The molecule has 1 rings (SSSR count). The van der Waals surface area contributed by atoms with Gasteiger partial charge in [-0.3, -0.25) is 0 Å². The summed E-state index contributed by atoms with van der Waals surface area (Å²) in [5.74, 6) is 0.419. The molecule has 0 bridgehead atoms. The van der Waals surface area contributed by atoms with Gasteiger partial charge in [0.2, 0.25) is 0 Å². The predicted octanol–water partition coefficient (Wildman–Crippen LogP) is 4.09. The van der Waals surface area contributed by atoms with Crippen molar-refractivity contribution < 1.29 is 14.0 Å². The molecular formula is C12H18ClO3P. The number of hydrogen-bond acceptors (Lipinski definition) is 2. The first-order valence-corrected chi connectivity index (χ1v) is 8.26. The van der Waals surface area contributed by atoms with Gasteiger partial charge >= 0.3 is 6.95 Å². The largest absolute Gasteiger partial charge is 0.474 e. The molecule has 96 valence electrons. The molecule has 0 heterocycles. The van der Waals surface area contributed by atoms with Crippen LogP contribution >= 0.6 is 18.2 Å². The van der Waals surface area contributed by atoms with Gasteiger partial charge in [-0.25, -0.2) is 4.57 Å². The minimum absolute atomic E-state index is 0.419. The van der Waals surface area contributed by atoms with Gasteiger partial charge in [-0.05, 0) is 42.0 Å². The predicted molar refractivity (Wildman–Crippen MR) is 70.9 cm³/mol. The smallest absolute Gasteiger partial charge is 0.413 e. The van der Waals surface area contributed by atoms with Crippen LogP contribution < -0.4 is 4.52 Å². The van der Waals surface area contributed by atoms with Gasteiger partial charge in [0.25, 0.3) is 0 Å². The molecular weight excluding hydrogens is 259 g/mol. The molecule has 0 aliphatic carbocycles. The van der Waals surface area contributed by atoms with E-state index in [1.165, 1.54) is 11.1 Å². The maximum Gasteiger partial charge on any atom is 0.474 e. The lowest BCUT2D eigenvalue weighted by Crippen LogP contribution is -2.01. The van der Waals surface area contributed by atoms with Crippen molar-refractivity contribution in [2.24, 2.45) is 0 Å². The Hall–Kier alpha value is -0.500. The first kappa shape index (κ1) is 14.6. The Labute approximate surface area is 107 Å². The van der Waals surface area contributed by atoms with Crippen LogP contribution in [0.4, 0.5) is 0 Å². The van der Waals surface area contributed by atoms with Crippen LogP contribution in [0.1, 0.15) is 37.5 Å². The number of halogens is 1. The van der Waals surface area contributed by atoms with Gasteiger partial charge in [0.1, 0.15) is 5.75 Å². The van der Waals surface area contributed by atoms with Crippen molar-refractivity contribution in [2.45, 2.75) is 40.0 Å².